The lowest BCUT2D eigenvalue weighted by Gasteiger charge is -2.03. The van der Waals surface area contributed by atoms with E-state index in [0.717, 1.165) is 23.3 Å². The summed E-state index contributed by atoms with van der Waals surface area (Å²) in [5.41, 5.74) is 1.29. The quantitative estimate of drug-likeness (QED) is 0.816. The first-order valence-corrected chi connectivity index (χ1v) is 8.78. The molecule has 21 heavy (non-hydrogen) atoms. The molecule has 1 amide bonds. The number of carbonyl (C=O) groups is 1. The van der Waals surface area contributed by atoms with Gasteiger partial charge in [-0.15, -0.1) is 11.3 Å². The fourth-order valence-corrected chi connectivity index (χ4v) is 3.08. The zero-order chi connectivity index (χ0) is 15.3. The molecule has 0 saturated carbocycles. The highest BCUT2D eigenvalue weighted by Crippen LogP contribution is 2.16. The third-order valence-electron chi connectivity index (χ3n) is 2.36. The van der Waals surface area contributed by atoms with Crippen molar-refractivity contribution in [3.05, 3.63) is 41.2 Å². The van der Waals surface area contributed by atoms with Crippen LogP contribution in [0, 0.1) is 0 Å². The maximum atomic E-state index is 11.8. The lowest BCUT2D eigenvalue weighted by Crippen LogP contribution is -2.25. The summed E-state index contributed by atoms with van der Waals surface area (Å²) in [5, 5.41) is 4.63. The summed E-state index contributed by atoms with van der Waals surface area (Å²) in [4.78, 5) is 19.9. The second kappa shape index (κ2) is 6.64. The second-order valence-electron chi connectivity index (χ2n) is 4.29. The Morgan fingerprint density at radius 1 is 1.33 bits per heavy atom. The fraction of sp³-hybridized carbons (Fsp3) is 0.250. The van der Waals surface area contributed by atoms with Crippen LogP contribution in [0.25, 0.3) is 0 Å². The molecule has 0 unspecified atom stereocenters. The molecule has 0 atom stereocenters. The molecule has 7 nitrogen and oxygen atoms in total. The molecule has 0 aliphatic heterocycles. The van der Waals surface area contributed by atoms with Crippen LogP contribution in [0.15, 0.2) is 29.8 Å². The van der Waals surface area contributed by atoms with Crippen LogP contribution < -0.4 is 10.0 Å². The standard InChI is InChI=1S/C12H14N4O3S2/c1-21(18,19)16-12-15-10(8-20-12)6-11(17)14-7-9-4-2-3-5-13-9/h2-5,8H,6-7H2,1H3,(H,14,17)(H,15,16). The van der Waals surface area contributed by atoms with E-state index in [1.165, 1.54) is 0 Å². The molecule has 0 radical (unpaired) electrons. The van der Waals surface area contributed by atoms with E-state index >= 15 is 0 Å². The van der Waals surface area contributed by atoms with Crippen LogP contribution in [0.1, 0.15) is 11.4 Å². The van der Waals surface area contributed by atoms with E-state index in [9.17, 15) is 13.2 Å². The van der Waals surface area contributed by atoms with Gasteiger partial charge in [-0.25, -0.2) is 13.4 Å². The van der Waals surface area contributed by atoms with Crippen molar-refractivity contribution in [3.8, 4) is 0 Å². The van der Waals surface area contributed by atoms with Gasteiger partial charge in [0.05, 0.1) is 30.6 Å². The summed E-state index contributed by atoms with van der Waals surface area (Å²) in [6.45, 7) is 0.345. The first-order chi connectivity index (χ1) is 9.92. The molecule has 2 aromatic rings. The number of thiazole rings is 1. The zero-order valence-corrected chi connectivity index (χ0v) is 12.9. The fourth-order valence-electron chi connectivity index (χ4n) is 1.51. The molecule has 0 aliphatic rings. The van der Waals surface area contributed by atoms with Crippen LogP contribution in [-0.2, 0) is 27.8 Å². The maximum Gasteiger partial charge on any atom is 0.231 e. The number of nitrogens with zero attached hydrogens (tertiary/aromatic N) is 2. The third-order valence-corrected chi connectivity index (χ3v) is 3.86. The number of pyridine rings is 1. The average Bonchev–Trinajstić information content (AvgIpc) is 2.82. The van der Waals surface area contributed by atoms with Crippen LogP contribution >= 0.6 is 11.3 Å². The van der Waals surface area contributed by atoms with Gasteiger partial charge in [0.2, 0.25) is 15.9 Å². The molecule has 0 saturated heterocycles. The van der Waals surface area contributed by atoms with Gasteiger partial charge in [0, 0.05) is 11.6 Å². The van der Waals surface area contributed by atoms with Crippen molar-refractivity contribution in [1.29, 1.82) is 0 Å². The lowest BCUT2D eigenvalue weighted by atomic mass is 10.3. The Morgan fingerprint density at radius 2 is 2.14 bits per heavy atom. The van der Waals surface area contributed by atoms with Crippen LogP contribution in [0.3, 0.4) is 0 Å². The number of hydrogen-bond acceptors (Lipinski definition) is 6. The van der Waals surface area contributed by atoms with Gasteiger partial charge < -0.3 is 5.32 Å². The molecule has 9 heteroatoms. The summed E-state index contributed by atoms with van der Waals surface area (Å²) < 4.78 is 24.4. The third kappa shape index (κ3) is 5.48. The molecule has 0 aromatic carbocycles. The molecule has 0 bridgehead atoms. The van der Waals surface area contributed by atoms with Crippen molar-refractivity contribution in [3.63, 3.8) is 0 Å². The minimum atomic E-state index is -3.35. The minimum Gasteiger partial charge on any atom is -0.350 e. The van der Waals surface area contributed by atoms with Gasteiger partial charge in [-0.05, 0) is 12.1 Å². The van der Waals surface area contributed by atoms with Crippen LogP contribution in [0.4, 0.5) is 5.13 Å². The average molecular weight is 326 g/mol. The Bertz CT molecular complexity index is 713. The Hall–Kier alpha value is -2.00. The maximum absolute atomic E-state index is 11.8. The number of anilines is 1. The summed E-state index contributed by atoms with van der Waals surface area (Å²) in [5.74, 6) is -0.197. The Kier molecular flexibility index (Phi) is 4.86. The Morgan fingerprint density at radius 3 is 2.81 bits per heavy atom. The van der Waals surface area contributed by atoms with E-state index in [0.29, 0.717) is 12.2 Å². The lowest BCUT2D eigenvalue weighted by molar-refractivity contribution is -0.120. The summed E-state index contributed by atoms with van der Waals surface area (Å²) in [6.07, 6.45) is 2.80. The monoisotopic (exact) mass is 326 g/mol. The van der Waals surface area contributed by atoms with E-state index < -0.39 is 10.0 Å². The van der Waals surface area contributed by atoms with E-state index in [2.05, 4.69) is 20.0 Å². The van der Waals surface area contributed by atoms with Crippen LogP contribution in [-0.4, -0.2) is 30.5 Å². The Balaban J connectivity index is 1.85. The topological polar surface area (TPSA) is 101 Å². The first-order valence-electron chi connectivity index (χ1n) is 6.01. The summed E-state index contributed by atoms with van der Waals surface area (Å²) in [6, 6.07) is 5.46. The second-order valence-corrected chi connectivity index (χ2v) is 6.90. The van der Waals surface area contributed by atoms with E-state index in [-0.39, 0.29) is 17.5 Å². The predicted molar refractivity (Wildman–Crippen MR) is 80.4 cm³/mol. The number of aromatic nitrogens is 2. The number of rotatable bonds is 6. The number of nitrogens with one attached hydrogen (secondary N) is 2. The van der Waals surface area contributed by atoms with Crippen molar-refractivity contribution in [2.75, 3.05) is 11.0 Å². The zero-order valence-electron chi connectivity index (χ0n) is 11.2. The molecule has 0 fully saturated rings. The normalized spacial score (nSPS) is 11.1. The van der Waals surface area contributed by atoms with Gasteiger partial charge >= 0.3 is 0 Å². The molecule has 2 rings (SSSR count). The van der Waals surface area contributed by atoms with Crippen LogP contribution in [0.5, 0.6) is 0 Å². The van der Waals surface area contributed by atoms with Crippen molar-refractivity contribution >= 4 is 32.4 Å². The molecule has 112 valence electrons. The first kappa shape index (κ1) is 15.4. The largest absolute Gasteiger partial charge is 0.350 e. The van der Waals surface area contributed by atoms with Crippen molar-refractivity contribution in [2.24, 2.45) is 0 Å². The van der Waals surface area contributed by atoms with Crippen molar-refractivity contribution in [2.45, 2.75) is 13.0 Å². The molecule has 2 aromatic heterocycles. The summed E-state index contributed by atoms with van der Waals surface area (Å²) in [7, 11) is -3.35. The van der Waals surface area contributed by atoms with Gasteiger partial charge in [0.15, 0.2) is 5.13 Å². The van der Waals surface area contributed by atoms with E-state index in [4.69, 9.17) is 0 Å². The molecule has 0 aliphatic carbocycles. The van der Waals surface area contributed by atoms with Gasteiger partial charge in [0.25, 0.3) is 0 Å². The highest BCUT2D eigenvalue weighted by atomic mass is 32.2. The van der Waals surface area contributed by atoms with Gasteiger partial charge in [0.1, 0.15) is 0 Å². The highest BCUT2D eigenvalue weighted by molar-refractivity contribution is 7.92. The number of hydrogen-bond donors (Lipinski definition) is 2. The molecular weight excluding hydrogens is 312 g/mol. The smallest absolute Gasteiger partial charge is 0.231 e. The van der Waals surface area contributed by atoms with E-state index in [1.54, 1.807) is 17.6 Å². The van der Waals surface area contributed by atoms with Gasteiger partial charge in [-0.3, -0.25) is 14.5 Å². The molecule has 2 N–H and O–H groups in total. The van der Waals surface area contributed by atoms with Crippen LogP contribution in [0.2, 0.25) is 0 Å². The molecule has 0 spiro atoms. The number of carbonyl (C=O) groups excluding carboxylic acids is 1. The number of amides is 1. The number of sulfonamides is 1. The SMILES string of the molecule is CS(=O)(=O)Nc1nc(CC(=O)NCc2ccccn2)cs1. The molecule has 2 heterocycles. The summed E-state index contributed by atoms with van der Waals surface area (Å²) >= 11 is 1.14. The molecular formula is C12H14N4O3S2. The van der Waals surface area contributed by atoms with Crippen molar-refractivity contribution in [1.82, 2.24) is 15.3 Å². The minimum absolute atomic E-state index is 0.0920. The predicted octanol–water partition coefficient (Wildman–Crippen LogP) is 0.768. The highest BCUT2D eigenvalue weighted by Gasteiger charge is 2.10. The van der Waals surface area contributed by atoms with E-state index in [1.807, 2.05) is 12.1 Å². The van der Waals surface area contributed by atoms with Gasteiger partial charge in [-0.1, -0.05) is 6.07 Å². The Labute approximate surface area is 126 Å². The van der Waals surface area contributed by atoms with Gasteiger partial charge in [-0.2, -0.15) is 0 Å². The van der Waals surface area contributed by atoms with Crippen molar-refractivity contribution < 1.29 is 13.2 Å².